The van der Waals surface area contributed by atoms with Gasteiger partial charge in [0.1, 0.15) is 5.58 Å². The first-order chi connectivity index (χ1) is 7.74. The summed E-state index contributed by atoms with van der Waals surface area (Å²) in [5, 5.41) is 1.36. The Bertz CT molecular complexity index is 557. The molecule has 0 aliphatic rings. The average Bonchev–Trinajstić information content (AvgIpc) is 2.29. The highest BCUT2D eigenvalue weighted by Crippen LogP contribution is 2.25. The number of unbranched alkanes of at least 4 members (excludes halogenated alkanes) is 1. The van der Waals surface area contributed by atoms with Crippen molar-refractivity contribution in [2.75, 3.05) is 0 Å². The average molecular weight is 237 g/mol. The molecule has 1 aromatic heterocycles. The van der Waals surface area contributed by atoms with Crippen molar-refractivity contribution in [3.63, 3.8) is 0 Å². The van der Waals surface area contributed by atoms with Crippen LogP contribution >= 0.6 is 11.6 Å². The SMILES string of the molecule is CCCCc1c(Cl)c2ccccc2oc1=O. The third-order valence-corrected chi connectivity index (χ3v) is 3.05. The van der Waals surface area contributed by atoms with Crippen LogP contribution in [-0.4, -0.2) is 0 Å². The number of rotatable bonds is 3. The molecule has 0 radical (unpaired) electrons. The van der Waals surface area contributed by atoms with Gasteiger partial charge in [-0.1, -0.05) is 37.1 Å². The summed E-state index contributed by atoms with van der Waals surface area (Å²) in [6, 6.07) is 7.34. The Labute approximate surface area is 98.8 Å². The van der Waals surface area contributed by atoms with Gasteiger partial charge in [-0.2, -0.15) is 0 Å². The molecule has 3 heteroatoms. The second-order valence-electron chi connectivity index (χ2n) is 3.78. The summed E-state index contributed by atoms with van der Waals surface area (Å²) >= 11 is 6.22. The molecule has 1 heterocycles. The van der Waals surface area contributed by atoms with Gasteiger partial charge in [-0.25, -0.2) is 4.79 Å². The molecular weight excluding hydrogens is 224 g/mol. The molecule has 2 aromatic rings. The van der Waals surface area contributed by atoms with E-state index in [0.29, 0.717) is 22.6 Å². The first kappa shape index (κ1) is 11.2. The van der Waals surface area contributed by atoms with Crippen molar-refractivity contribution in [2.24, 2.45) is 0 Å². The third-order valence-electron chi connectivity index (χ3n) is 2.62. The lowest BCUT2D eigenvalue weighted by Crippen LogP contribution is -2.08. The molecule has 0 amide bonds. The lowest BCUT2D eigenvalue weighted by Gasteiger charge is -2.04. The van der Waals surface area contributed by atoms with Crippen LogP contribution in [0.15, 0.2) is 33.5 Å². The van der Waals surface area contributed by atoms with Gasteiger partial charge >= 0.3 is 5.63 Å². The van der Waals surface area contributed by atoms with Crippen LogP contribution in [0.4, 0.5) is 0 Å². The van der Waals surface area contributed by atoms with Crippen LogP contribution in [0.1, 0.15) is 25.3 Å². The van der Waals surface area contributed by atoms with E-state index in [1.54, 1.807) is 6.07 Å². The zero-order valence-electron chi connectivity index (χ0n) is 9.13. The second-order valence-corrected chi connectivity index (χ2v) is 4.16. The quantitative estimate of drug-likeness (QED) is 0.759. The number of hydrogen-bond donors (Lipinski definition) is 0. The van der Waals surface area contributed by atoms with E-state index in [9.17, 15) is 4.79 Å². The Morgan fingerprint density at radius 1 is 1.31 bits per heavy atom. The van der Waals surface area contributed by atoms with Gasteiger partial charge in [0.05, 0.1) is 10.6 Å². The summed E-state index contributed by atoms with van der Waals surface area (Å²) in [6.07, 6.45) is 2.66. The van der Waals surface area contributed by atoms with Crippen molar-refractivity contribution >= 4 is 22.6 Å². The molecule has 0 saturated heterocycles. The van der Waals surface area contributed by atoms with Crippen molar-refractivity contribution in [1.82, 2.24) is 0 Å². The lowest BCUT2D eigenvalue weighted by molar-refractivity contribution is 0.547. The predicted molar refractivity (Wildman–Crippen MR) is 66.1 cm³/mol. The summed E-state index contributed by atoms with van der Waals surface area (Å²) in [6.45, 7) is 2.08. The van der Waals surface area contributed by atoms with Crippen LogP contribution in [0.3, 0.4) is 0 Å². The summed E-state index contributed by atoms with van der Waals surface area (Å²) in [5.74, 6) is 0. The minimum absolute atomic E-state index is 0.308. The number of fused-ring (bicyclic) bond motifs is 1. The summed E-state index contributed by atoms with van der Waals surface area (Å²) in [5.41, 5.74) is 0.845. The van der Waals surface area contributed by atoms with Crippen LogP contribution in [0.25, 0.3) is 11.0 Å². The van der Waals surface area contributed by atoms with E-state index < -0.39 is 0 Å². The number of hydrogen-bond acceptors (Lipinski definition) is 2. The number of para-hydroxylation sites is 1. The van der Waals surface area contributed by atoms with Crippen LogP contribution in [-0.2, 0) is 6.42 Å². The van der Waals surface area contributed by atoms with Crippen molar-refractivity contribution in [3.05, 3.63) is 45.3 Å². The molecule has 1 aromatic carbocycles. The zero-order chi connectivity index (χ0) is 11.5. The molecule has 0 atom stereocenters. The van der Waals surface area contributed by atoms with Gasteiger partial charge in [-0.05, 0) is 25.0 Å². The van der Waals surface area contributed by atoms with Gasteiger partial charge in [0.15, 0.2) is 0 Å². The predicted octanol–water partition coefficient (Wildman–Crippen LogP) is 3.79. The molecule has 0 spiro atoms. The standard InChI is InChI=1S/C13H13ClO2/c1-2-3-6-10-12(14)9-7-4-5-8-11(9)16-13(10)15/h4-5,7-8H,2-3,6H2,1H3. The van der Waals surface area contributed by atoms with E-state index in [1.165, 1.54) is 0 Å². The highest BCUT2D eigenvalue weighted by Gasteiger charge is 2.11. The molecule has 0 bridgehead atoms. The number of benzene rings is 1. The first-order valence-corrected chi connectivity index (χ1v) is 5.82. The van der Waals surface area contributed by atoms with E-state index in [1.807, 2.05) is 18.2 Å². The van der Waals surface area contributed by atoms with Gasteiger partial charge in [0, 0.05) is 5.39 Å². The third kappa shape index (κ3) is 1.98. The minimum Gasteiger partial charge on any atom is -0.422 e. The van der Waals surface area contributed by atoms with Crippen LogP contribution in [0.2, 0.25) is 5.02 Å². The monoisotopic (exact) mass is 236 g/mol. The number of halogens is 1. The van der Waals surface area contributed by atoms with Crippen LogP contribution in [0, 0.1) is 0 Å². The van der Waals surface area contributed by atoms with Crippen LogP contribution < -0.4 is 5.63 Å². The second kappa shape index (κ2) is 4.71. The highest BCUT2D eigenvalue weighted by molar-refractivity contribution is 6.35. The van der Waals surface area contributed by atoms with Gasteiger partial charge < -0.3 is 4.42 Å². The maximum absolute atomic E-state index is 11.7. The Kier molecular flexibility index (Phi) is 3.30. The molecular formula is C13H13ClO2. The zero-order valence-corrected chi connectivity index (χ0v) is 9.88. The van der Waals surface area contributed by atoms with E-state index in [-0.39, 0.29) is 5.63 Å². The Balaban J connectivity index is 2.61. The molecule has 84 valence electrons. The van der Waals surface area contributed by atoms with E-state index >= 15 is 0 Å². The van der Waals surface area contributed by atoms with E-state index in [0.717, 1.165) is 18.2 Å². The van der Waals surface area contributed by atoms with Gasteiger partial charge in [-0.3, -0.25) is 0 Å². The molecule has 16 heavy (non-hydrogen) atoms. The molecule has 0 aliphatic heterocycles. The summed E-state index contributed by atoms with van der Waals surface area (Å²) < 4.78 is 5.23. The summed E-state index contributed by atoms with van der Waals surface area (Å²) in [7, 11) is 0. The van der Waals surface area contributed by atoms with Crippen molar-refractivity contribution in [2.45, 2.75) is 26.2 Å². The fraction of sp³-hybridized carbons (Fsp3) is 0.308. The van der Waals surface area contributed by atoms with Gasteiger partial charge in [-0.15, -0.1) is 0 Å². The minimum atomic E-state index is -0.308. The molecule has 2 nitrogen and oxygen atoms in total. The summed E-state index contributed by atoms with van der Waals surface area (Å²) in [4.78, 5) is 11.7. The Morgan fingerprint density at radius 2 is 2.06 bits per heavy atom. The molecule has 2 rings (SSSR count). The van der Waals surface area contributed by atoms with Crippen molar-refractivity contribution in [3.8, 4) is 0 Å². The molecule has 0 aliphatic carbocycles. The maximum Gasteiger partial charge on any atom is 0.340 e. The molecule has 0 fully saturated rings. The Hall–Kier alpha value is -1.28. The smallest absolute Gasteiger partial charge is 0.340 e. The van der Waals surface area contributed by atoms with E-state index in [2.05, 4.69) is 6.92 Å². The highest BCUT2D eigenvalue weighted by atomic mass is 35.5. The molecule has 0 N–H and O–H groups in total. The lowest BCUT2D eigenvalue weighted by atomic mass is 10.1. The fourth-order valence-electron chi connectivity index (χ4n) is 1.72. The maximum atomic E-state index is 11.7. The van der Waals surface area contributed by atoms with Gasteiger partial charge in [0.25, 0.3) is 0 Å². The first-order valence-electron chi connectivity index (χ1n) is 5.44. The van der Waals surface area contributed by atoms with Crippen molar-refractivity contribution < 1.29 is 4.42 Å². The Morgan fingerprint density at radius 3 is 2.81 bits per heavy atom. The largest absolute Gasteiger partial charge is 0.422 e. The molecule has 0 unspecified atom stereocenters. The van der Waals surface area contributed by atoms with Crippen LogP contribution in [0.5, 0.6) is 0 Å². The molecule has 0 saturated carbocycles. The topological polar surface area (TPSA) is 30.2 Å². The van der Waals surface area contributed by atoms with Gasteiger partial charge in [0.2, 0.25) is 0 Å². The van der Waals surface area contributed by atoms with Crippen molar-refractivity contribution in [1.29, 1.82) is 0 Å². The van der Waals surface area contributed by atoms with E-state index in [4.69, 9.17) is 16.0 Å². The fourth-order valence-corrected chi connectivity index (χ4v) is 2.04. The normalized spacial score (nSPS) is 10.9.